The van der Waals surface area contributed by atoms with E-state index in [9.17, 15) is 35.9 Å². The zero-order valence-electron chi connectivity index (χ0n) is 20.8. The molecule has 1 aliphatic rings. The van der Waals surface area contributed by atoms with Crippen molar-refractivity contribution in [3.8, 4) is 11.1 Å². The number of hydrogen-bond donors (Lipinski definition) is 2. The molecule has 1 fully saturated rings. The summed E-state index contributed by atoms with van der Waals surface area (Å²) < 4.78 is 82.1. The Kier molecular flexibility index (Phi) is 7.49. The van der Waals surface area contributed by atoms with Crippen LogP contribution in [0.5, 0.6) is 0 Å². The lowest BCUT2D eigenvalue weighted by Crippen LogP contribution is -2.42. The molecule has 6 nitrogen and oxygen atoms in total. The van der Waals surface area contributed by atoms with Gasteiger partial charge in [0.05, 0.1) is 32.2 Å². The Hall–Kier alpha value is -3.64. The second-order valence-electron chi connectivity index (χ2n) is 9.57. The Morgan fingerprint density at radius 3 is 2.10 bits per heavy atom. The second-order valence-corrected chi connectivity index (χ2v) is 10.4. The number of piperidine rings is 1. The summed E-state index contributed by atoms with van der Waals surface area (Å²) in [6.07, 6.45) is -9.26. The monoisotopic (exact) mass is 616 g/mol. The number of alkyl halides is 6. The van der Waals surface area contributed by atoms with E-state index >= 15 is 0 Å². The number of likely N-dealkylation sites (tertiary alicyclic amines) is 1. The highest BCUT2D eigenvalue weighted by Gasteiger charge is 2.37. The van der Waals surface area contributed by atoms with Crippen molar-refractivity contribution in [2.45, 2.75) is 31.2 Å². The van der Waals surface area contributed by atoms with Crippen molar-refractivity contribution in [2.24, 2.45) is 0 Å². The minimum Gasteiger partial charge on any atom is -0.324 e. The maximum atomic E-state index is 13.4. The van der Waals surface area contributed by atoms with Crippen molar-refractivity contribution in [3.63, 3.8) is 0 Å². The smallest absolute Gasteiger partial charge is 0.324 e. The van der Waals surface area contributed by atoms with Crippen LogP contribution in [0.3, 0.4) is 0 Å². The van der Waals surface area contributed by atoms with Crippen LogP contribution >= 0.6 is 23.2 Å². The fourth-order valence-electron chi connectivity index (χ4n) is 4.97. The van der Waals surface area contributed by atoms with Crippen molar-refractivity contribution in [3.05, 3.63) is 86.3 Å². The number of halogens is 8. The average molecular weight is 617 g/mol. The lowest BCUT2D eigenvalue weighted by Gasteiger charge is -2.32. The molecule has 0 bridgehead atoms. The molecule has 0 atom stereocenters. The van der Waals surface area contributed by atoms with Crippen LogP contribution in [0.4, 0.5) is 36.8 Å². The Labute approximate surface area is 238 Å². The first-order valence-corrected chi connectivity index (χ1v) is 13.0. The Bertz CT molecular complexity index is 1660. The minimum atomic E-state index is -5.01. The van der Waals surface area contributed by atoms with Gasteiger partial charge in [-0.2, -0.15) is 26.3 Å². The number of aromatic amines is 1. The quantitative estimate of drug-likeness (QED) is 0.228. The predicted molar refractivity (Wildman–Crippen MR) is 143 cm³/mol. The van der Waals surface area contributed by atoms with Gasteiger partial charge in [-0.1, -0.05) is 35.3 Å². The number of fused-ring (bicyclic) bond motifs is 1. The first-order chi connectivity index (χ1) is 19.2. The number of rotatable bonds is 3. The number of benzene rings is 3. The van der Waals surface area contributed by atoms with E-state index in [4.69, 9.17) is 23.2 Å². The number of nitrogens with zero attached hydrogens (tertiary/aromatic N) is 2. The fraction of sp³-hybridized carbons (Fsp3) is 0.259. The van der Waals surface area contributed by atoms with Crippen LogP contribution in [0.15, 0.2) is 59.4 Å². The van der Waals surface area contributed by atoms with Gasteiger partial charge in [0, 0.05) is 30.4 Å². The summed E-state index contributed by atoms with van der Waals surface area (Å²) >= 11 is 11.9. The van der Waals surface area contributed by atoms with Crippen molar-refractivity contribution >= 4 is 46.0 Å². The van der Waals surface area contributed by atoms with Crippen molar-refractivity contribution in [2.75, 3.05) is 18.4 Å². The van der Waals surface area contributed by atoms with Crippen LogP contribution < -0.4 is 11.0 Å². The highest BCUT2D eigenvalue weighted by Crippen LogP contribution is 2.40. The van der Waals surface area contributed by atoms with Gasteiger partial charge in [0.2, 0.25) is 0 Å². The zero-order chi connectivity index (χ0) is 29.7. The zero-order valence-corrected chi connectivity index (χ0v) is 22.3. The highest BCUT2D eigenvalue weighted by atomic mass is 35.5. The van der Waals surface area contributed by atoms with Crippen molar-refractivity contribution in [1.82, 2.24) is 14.5 Å². The van der Waals surface area contributed by atoms with Gasteiger partial charge in [0.1, 0.15) is 0 Å². The van der Waals surface area contributed by atoms with Crippen LogP contribution in [0.25, 0.3) is 22.2 Å². The Morgan fingerprint density at radius 1 is 0.878 bits per heavy atom. The summed E-state index contributed by atoms with van der Waals surface area (Å²) in [6.45, 7) is 0.582. The largest absolute Gasteiger partial charge is 0.416 e. The summed E-state index contributed by atoms with van der Waals surface area (Å²) in [5.41, 5.74) is -2.88. The maximum Gasteiger partial charge on any atom is 0.416 e. The number of H-pyrrole nitrogens is 1. The first-order valence-electron chi connectivity index (χ1n) is 12.3. The van der Waals surface area contributed by atoms with Gasteiger partial charge < -0.3 is 15.2 Å². The summed E-state index contributed by atoms with van der Waals surface area (Å²) in [5, 5.41) is 3.35. The number of carbonyl (C=O) groups excluding carboxylic acids is 1. The molecule has 0 aliphatic carbocycles. The number of anilines is 1. The molecule has 1 aliphatic heterocycles. The fourth-order valence-corrected chi connectivity index (χ4v) is 5.26. The minimum absolute atomic E-state index is 0.0217. The summed E-state index contributed by atoms with van der Waals surface area (Å²) in [4.78, 5) is 29.9. The van der Waals surface area contributed by atoms with Gasteiger partial charge in [-0.15, -0.1) is 0 Å². The van der Waals surface area contributed by atoms with E-state index in [1.165, 1.54) is 22.8 Å². The van der Waals surface area contributed by atoms with E-state index in [1.807, 2.05) is 0 Å². The summed E-state index contributed by atoms with van der Waals surface area (Å²) in [7, 11) is 0. The molecule has 2 N–H and O–H groups in total. The van der Waals surface area contributed by atoms with Crippen LogP contribution in [0, 0.1) is 0 Å². The number of hydrogen-bond acceptors (Lipinski definition) is 2. The molecular formula is C27H20Cl2F6N4O2. The highest BCUT2D eigenvalue weighted by molar-refractivity contribution is 6.42. The van der Waals surface area contributed by atoms with Crippen LogP contribution in [0.1, 0.15) is 30.0 Å². The van der Waals surface area contributed by atoms with Crippen LogP contribution in [0.2, 0.25) is 10.0 Å². The van der Waals surface area contributed by atoms with E-state index in [0.717, 1.165) is 0 Å². The molecule has 216 valence electrons. The lowest BCUT2D eigenvalue weighted by atomic mass is 9.98. The summed E-state index contributed by atoms with van der Waals surface area (Å²) in [6, 6.07) is 9.63. The number of para-hydroxylation sites is 1. The average Bonchev–Trinajstić information content (AvgIpc) is 3.25. The third-order valence-electron chi connectivity index (χ3n) is 6.94. The number of imidazole rings is 1. The number of urea groups is 1. The SMILES string of the molecule is O=C(Nc1ccc(Cl)c(Cl)c1)N1CCC(n2c(=O)[nH]c3c(-c4cc(C(F)(F)F)cc(C(F)(F)F)c4)cccc32)CC1. The molecule has 3 aromatic carbocycles. The first kappa shape index (κ1) is 28.9. The van der Waals surface area contributed by atoms with E-state index in [0.29, 0.717) is 54.3 Å². The van der Waals surface area contributed by atoms with Crippen molar-refractivity contribution < 1.29 is 31.1 Å². The molecule has 2 amide bonds. The van der Waals surface area contributed by atoms with E-state index in [1.54, 1.807) is 23.1 Å². The third-order valence-corrected chi connectivity index (χ3v) is 7.68. The number of carbonyl (C=O) groups is 1. The van der Waals surface area contributed by atoms with Crippen molar-refractivity contribution in [1.29, 1.82) is 0 Å². The summed E-state index contributed by atoms with van der Waals surface area (Å²) in [5.74, 6) is 0. The molecule has 2 heterocycles. The van der Waals surface area contributed by atoms with E-state index in [2.05, 4.69) is 10.3 Å². The maximum absolute atomic E-state index is 13.4. The third kappa shape index (κ3) is 5.89. The van der Waals surface area contributed by atoms with Gasteiger partial charge in [-0.05, 0) is 60.9 Å². The van der Waals surface area contributed by atoms with Gasteiger partial charge in [0.25, 0.3) is 0 Å². The Morgan fingerprint density at radius 2 is 1.51 bits per heavy atom. The molecule has 41 heavy (non-hydrogen) atoms. The Balaban J connectivity index is 1.42. The van der Waals surface area contributed by atoms with Gasteiger partial charge in [0.15, 0.2) is 0 Å². The molecule has 14 heteroatoms. The van der Waals surface area contributed by atoms with Crippen LogP contribution in [-0.2, 0) is 12.4 Å². The molecule has 1 aromatic heterocycles. The molecule has 1 saturated heterocycles. The number of amides is 2. The number of aromatic nitrogens is 2. The van der Waals surface area contributed by atoms with Gasteiger partial charge >= 0.3 is 24.1 Å². The standard InChI is InChI=1S/C27H20Cl2F6N4O2/c28-20-5-4-17(13-21(20)29)36-24(40)38-8-6-18(7-9-38)39-22-3-1-2-19(23(22)37-25(39)41)14-10-15(26(30,31)32)12-16(11-14)27(33,34)35/h1-5,10-13,18H,6-9H2,(H,36,40)(H,37,41). The topological polar surface area (TPSA) is 70.1 Å². The molecule has 0 saturated carbocycles. The molecule has 0 radical (unpaired) electrons. The second kappa shape index (κ2) is 10.6. The normalized spacial score (nSPS) is 15.0. The number of nitrogens with one attached hydrogen (secondary N) is 2. The molecule has 4 aromatic rings. The van der Waals surface area contributed by atoms with Gasteiger partial charge in [-0.3, -0.25) is 4.57 Å². The van der Waals surface area contributed by atoms with E-state index < -0.39 is 29.2 Å². The molecule has 0 unspecified atom stereocenters. The predicted octanol–water partition coefficient (Wildman–Crippen LogP) is 8.21. The van der Waals surface area contributed by atoms with Gasteiger partial charge in [-0.25, -0.2) is 9.59 Å². The molecular weight excluding hydrogens is 597 g/mol. The molecule has 0 spiro atoms. The molecule has 5 rings (SSSR count). The van der Waals surface area contributed by atoms with E-state index in [-0.39, 0.29) is 39.8 Å². The lowest BCUT2D eigenvalue weighted by molar-refractivity contribution is -0.143. The van der Waals surface area contributed by atoms with Crippen LogP contribution in [-0.4, -0.2) is 33.6 Å².